The molecular formula is C12H21NO3. The average Bonchev–Trinajstić information content (AvgIpc) is 2.49. The third-order valence-corrected chi connectivity index (χ3v) is 3.37. The third kappa shape index (κ3) is 2.32. The number of nitrogens with zero attached hydrogens (tertiary/aromatic N) is 1. The Labute approximate surface area is 96.6 Å². The van der Waals surface area contributed by atoms with Crippen LogP contribution in [0.5, 0.6) is 0 Å². The Balaban J connectivity index is 2.02. The van der Waals surface area contributed by atoms with Crippen molar-refractivity contribution in [2.45, 2.75) is 57.8 Å². The van der Waals surface area contributed by atoms with E-state index in [0.717, 1.165) is 25.8 Å². The fraction of sp³-hybridized carbons (Fsp3) is 0.917. The maximum Gasteiger partial charge on any atom is 0.410 e. The van der Waals surface area contributed by atoms with E-state index in [4.69, 9.17) is 4.74 Å². The van der Waals surface area contributed by atoms with Crippen molar-refractivity contribution in [2.24, 2.45) is 5.92 Å². The van der Waals surface area contributed by atoms with Gasteiger partial charge in [-0.15, -0.1) is 0 Å². The molecule has 92 valence electrons. The van der Waals surface area contributed by atoms with E-state index < -0.39 is 5.60 Å². The summed E-state index contributed by atoms with van der Waals surface area (Å²) < 4.78 is 5.35. The van der Waals surface area contributed by atoms with E-state index in [9.17, 15) is 9.90 Å². The molecule has 2 fully saturated rings. The molecule has 3 atom stereocenters. The molecule has 1 N–H and O–H groups in total. The van der Waals surface area contributed by atoms with Crippen LogP contribution in [0.1, 0.15) is 40.0 Å². The maximum absolute atomic E-state index is 11.9. The van der Waals surface area contributed by atoms with Gasteiger partial charge in [-0.3, -0.25) is 0 Å². The zero-order valence-corrected chi connectivity index (χ0v) is 10.3. The van der Waals surface area contributed by atoms with Gasteiger partial charge in [-0.25, -0.2) is 4.79 Å². The maximum atomic E-state index is 11.9. The quantitative estimate of drug-likeness (QED) is 0.686. The molecule has 1 amide bonds. The minimum atomic E-state index is -0.460. The highest BCUT2D eigenvalue weighted by Gasteiger charge is 2.44. The molecule has 0 radical (unpaired) electrons. The summed E-state index contributed by atoms with van der Waals surface area (Å²) in [5, 5.41) is 9.86. The number of hydrogen-bond donors (Lipinski definition) is 1. The first kappa shape index (κ1) is 11.7. The van der Waals surface area contributed by atoms with Crippen LogP contribution in [-0.4, -0.2) is 40.4 Å². The SMILES string of the molecule is CC(C)(C)OC(=O)N1C[C@@H]2CC[C@H](O)[C@H]1C2. The van der Waals surface area contributed by atoms with Crippen LogP contribution in [0.4, 0.5) is 4.79 Å². The van der Waals surface area contributed by atoms with E-state index >= 15 is 0 Å². The van der Waals surface area contributed by atoms with Gasteiger partial charge >= 0.3 is 6.09 Å². The molecule has 1 aliphatic carbocycles. The molecule has 0 aromatic carbocycles. The Morgan fingerprint density at radius 3 is 2.69 bits per heavy atom. The van der Waals surface area contributed by atoms with Gasteiger partial charge in [0.05, 0.1) is 12.1 Å². The van der Waals surface area contributed by atoms with Crippen LogP contribution in [0.2, 0.25) is 0 Å². The number of fused-ring (bicyclic) bond motifs is 2. The fourth-order valence-electron chi connectivity index (χ4n) is 2.66. The van der Waals surface area contributed by atoms with E-state index in [1.165, 1.54) is 0 Å². The van der Waals surface area contributed by atoms with Crippen LogP contribution < -0.4 is 0 Å². The monoisotopic (exact) mass is 227 g/mol. The second-order valence-electron chi connectivity index (χ2n) is 5.95. The first-order valence-corrected chi connectivity index (χ1v) is 6.04. The summed E-state index contributed by atoms with van der Waals surface area (Å²) in [6.07, 6.45) is 2.12. The summed E-state index contributed by atoms with van der Waals surface area (Å²) in [5.41, 5.74) is -0.460. The summed E-state index contributed by atoms with van der Waals surface area (Å²) in [6, 6.07) is -0.0198. The van der Waals surface area contributed by atoms with E-state index in [-0.39, 0.29) is 18.2 Å². The summed E-state index contributed by atoms with van der Waals surface area (Å²) in [6.45, 7) is 6.34. The van der Waals surface area contributed by atoms with Crippen molar-refractivity contribution in [1.82, 2.24) is 4.90 Å². The standard InChI is InChI=1S/C12H21NO3/c1-12(2,3)16-11(15)13-7-8-4-5-10(14)9(13)6-8/h8-10,14H,4-7H2,1-3H3/t8-,9-,10+/m1/s1. The number of ether oxygens (including phenoxy) is 1. The van der Waals surface area contributed by atoms with Gasteiger partial charge in [0.1, 0.15) is 5.60 Å². The molecule has 0 aromatic rings. The highest BCUT2D eigenvalue weighted by Crippen LogP contribution is 2.36. The van der Waals surface area contributed by atoms with Crippen LogP contribution in [0.25, 0.3) is 0 Å². The summed E-state index contributed by atoms with van der Waals surface area (Å²) in [4.78, 5) is 13.7. The number of carbonyl (C=O) groups is 1. The van der Waals surface area contributed by atoms with Crippen molar-refractivity contribution in [3.63, 3.8) is 0 Å². The van der Waals surface area contributed by atoms with E-state index in [0.29, 0.717) is 5.92 Å². The molecule has 2 aliphatic rings. The molecule has 4 heteroatoms. The van der Waals surface area contributed by atoms with Gasteiger partial charge in [0, 0.05) is 6.54 Å². The van der Waals surface area contributed by atoms with E-state index in [2.05, 4.69) is 0 Å². The highest BCUT2D eigenvalue weighted by atomic mass is 16.6. The lowest BCUT2D eigenvalue weighted by Crippen LogP contribution is -2.44. The summed E-state index contributed by atoms with van der Waals surface area (Å²) in [5.74, 6) is 0.556. The first-order chi connectivity index (χ1) is 7.37. The van der Waals surface area contributed by atoms with Gasteiger partial charge in [-0.2, -0.15) is 0 Å². The van der Waals surface area contributed by atoms with Crippen LogP contribution in [0.3, 0.4) is 0 Å². The van der Waals surface area contributed by atoms with Gasteiger partial charge < -0.3 is 14.7 Å². The zero-order chi connectivity index (χ0) is 11.9. The van der Waals surface area contributed by atoms with Crippen molar-refractivity contribution in [2.75, 3.05) is 6.54 Å². The Hall–Kier alpha value is -0.770. The molecule has 4 nitrogen and oxygen atoms in total. The topological polar surface area (TPSA) is 49.8 Å². The normalized spacial score (nSPS) is 34.0. The fourth-order valence-corrected chi connectivity index (χ4v) is 2.66. The van der Waals surface area contributed by atoms with Crippen LogP contribution in [0, 0.1) is 5.92 Å². The molecule has 0 unspecified atom stereocenters. The predicted octanol–water partition coefficient (Wildman–Crippen LogP) is 1.77. The molecule has 1 saturated heterocycles. The summed E-state index contributed by atoms with van der Waals surface area (Å²) >= 11 is 0. The molecule has 16 heavy (non-hydrogen) atoms. The van der Waals surface area contributed by atoms with Crippen molar-refractivity contribution in [3.05, 3.63) is 0 Å². The number of likely N-dealkylation sites (tertiary alicyclic amines) is 1. The molecule has 0 aromatic heterocycles. The minimum Gasteiger partial charge on any atom is -0.444 e. The van der Waals surface area contributed by atoms with Crippen LogP contribution in [-0.2, 0) is 4.74 Å². The van der Waals surface area contributed by atoms with Crippen molar-refractivity contribution in [3.8, 4) is 0 Å². The number of carbonyl (C=O) groups excluding carboxylic acids is 1. The van der Waals surface area contributed by atoms with Gasteiger partial charge in [0.2, 0.25) is 0 Å². The first-order valence-electron chi connectivity index (χ1n) is 6.04. The lowest BCUT2D eigenvalue weighted by atomic mass is 9.88. The number of rotatable bonds is 0. The largest absolute Gasteiger partial charge is 0.444 e. The molecule has 2 rings (SSSR count). The number of aliphatic hydroxyl groups excluding tert-OH is 1. The minimum absolute atomic E-state index is 0.0198. The van der Waals surface area contributed by atoms with E-state index in [1.54, 1.807) is 4.90 Å². The molecule has 0 spiro atoms. The van der Waals surface area contributed by atoms with Gasteiger partial charge in [-0.1, -0.05) is 0 Å². The smallest absolute Gasteiger partial charge is 0.410 e. The van der Waals surface area contributed by atoms with E-state index in [1.807, 2.05) is 20.8 Å². The Morgan fingerprint density at radius 1 is 1.38 bits per heavy atom. The Morgan fingerprint density at radius 2 is 2.06 bits per heavy atom. The second-order valence-corrected chi connectivity index (χ2v) is 5.95. The predicted molar refractivity (Wildman–Crippen MR) is 60.1 cm³/mol. The van der Waals surface area contributed by atoms with Crippen molar-refractivity contribution < 1.29 is 14.6 Å². The molecule has 2 bridgehead atoms. The number of amides is 1. The van der Waals surface area contributed by atoms with Crippen molar-refractivity contribution in [1.29, 1.82) is 0 Å². The van der Waals surface area contributed by atoms with Crippen molar-refractivity contribution >= 4 is 6.09 Å². The number of aliphatic hydroxyl groups is 1. The van der Waals surface area contributed by atoms with Gasteiger partial charge in [-0.05, 0) is 46.0 Å². The number of hydrogen-bond acceptors (Lipinski definition) is 3. The highest BCUT2D eigenvalue weighted by molar-refractivity contribution is 5.69. The molecule has 1 aliphatic heterocycles. The zero-order valence-electron chi connectivity index (χ0n) is 10.3. The summed E-state index contributed by atoms with van der Waals surface area (Å²) in [7, 11) is 0. The molecule has 1 saturated carbocycles. The lowest BCUT2D eigenvalue weighted by molar-refractivity contribution is 0.00453. The Kier molecular flexibility index (Phi) is 2.86. The lowest BCUT2D eigenvalue weighted by Gasteiger charge is -2.31. The molecule has 1 heterocycles. The second kappa shape index (κ2) is 3.91. The Bertz CT molecular complexity index is 284. The third-order valence-electron chi connectivity index (χ3n) is 3.37. The van der Waals surface area contributed by atoms with Gasteiger partial charge in [0.15, 0.2) is 0 Å². The van der Waals surface area contributed by atoms with Gasteiger partial charge in [0.25, 0.3) is 0 Å². The van der Waals surface area contributed by atoms with Crippen LogP contribution in [0.15, 0.2) is 0 Å². The molecular weight excluding hydrogens is 206 g/mol. The van der Waals surface area contributed by atoms with Crippen LogP contribution >= 0.6 is 0 Å². The average molecular weight is 227 g/mol.